The summed E-state index contributed by atoms with van der Waals surface area (Å²) in [4.78, 5) is 17.2. The van der Waals surface area contributed by atoms with Gasteiger partial charge in [0.05, 0.1) is 6.61 Å². The van der Waals surface area contributed by atoms with Gasteiger partial charge >= 0.3 is 0 Å². The Morgan fingerprint density at radius 3 is 2.88 bits per heavy atom. The number of piperazine rings is 1. The van der Waals surface area contributed by atoms with E-state index in [2.05, 4.69) is 29.1 Å². The number of carbonyl (C=O) groups is 1. The first kappa shape index (κ1) is 17.2. The van der Waals surface area contributed by atoms with Gasteiger partial charge in [-0.15, -0.1) is 0 Å². The summed E-state index contributed by atoms with van der Waals surface area (Å²) in [5.41, 5.74) is 1.89. The number of ether oxygens (including phenoxy) is 1. The van der Waals surface area contributed by atoms with Crippen molar-refractivity contribution >= 4 is 5.91 Å². The fraction of sp³-hybridized carbons (Fsp3) is 0.632. The van der Waals surface area contributed by atoms with Crippen molar-refractivity contribution in [3.05, 3.63) is 29.3 Å². The molecule has 0 saturated carbocycles. The molecule has 0 radical (unpaired) electrons. The number of likely N-dealkylation sites (N-methyl/N-ethyl adjacent to an activating group) is 1. The smallest absolute Gasteiger partial charge is 0.251 e. The van der Waals surface area contributed by atoms with Crippen LogP contribution in [0, 0.1) is 0 Å². The highest BCUT2D eigenvalue weighted by Gasteiger charge is 2.19. The molecule has 2 heterocycles. The SMILES string of the molecule is CC(CCNC(=O)c1ccc2c(c1)CCCO2)N1CCN(C)CC1. The van der Waals surface area contributed by atoms with E-state index in [1.165, 1.54) is 0 Å². The Labute approximate surface area is 145 Å². The average molecular weight is 331 g/mol. The summed E-state index contributed by atoms with van der Waals surface area (Å²) in [7, 11) is 2.17. The molecule has 1 saturated heterocycles. The molecule has 1 amide bonds. The molecule has 0 spiro atoms. The van der Waals surface area contributed by atoms with Crippen LogP contribution in [-0.4, -0.2) is 68.1 Å². The zero-order chi connectivity index (χ0) is 16.9. The number of amides is 1. The number of aryl methyl sites for hydroxylation is 1. The van der Waals surface area contributed by atoms with Crippen LogP contribution in [0.25, 0.3) is 0 Å². The van der Waals surface area contributed by atoms with Crippen molar-refractivity contribution in [2.75, 3.05) is 46.4 Å². The lowest BCUT2D eigenvalue weighted by atomic mass is 10.0. The summed E-state index contributed by atoms with van der Waals surface area (Å²) in [5.74, 6) is 0.954. The van der Waals surface area contributed by atoms with Crippen LogP contribution in [-0.2, 0) is 6.42 Å². The Morgan fingerprint density at radius 2 is 2.08 bits per heavy atom. The van der Waals surface area contributed by atoms with Gasteiger partial charge in [0, 0.05) is 44.3 Å². The molecule has 1 N–H and O–H groups in total. The van der Waals surface area contributed by atoms with Crippen LogP contribution >= 0.6 is 0 Å². The Balaban J connectivity index is 1.45. The number of hydrogen-bond acceptors (Lipinski definition) is 4. The van der Waals surface area contributed by atoms with Gasteiger partial charge in [0.15, 0.2) is 0 Å². The number of rotatable bonds is 5. The Bertz CT molecular complexity index is 568. The lowest BCUT2D eigenvalue weighted by Crippen LogP contribution is -2.48. The van der Waals surface area contributed by atoms with E-state index < -0.39 is 0 Å². The molecule has 1 fully saturated rings. The molecule has 132 valence electrons. The maximum absolute atomic E-state index is 12.4. The largest absolute Gasteiger partial charge is 0.493 e. The van der Waals surface area contributed by atoms with E-state index in [1.54, 1.807) is 0 Å². The molecule has 1 unspecified atom stereocenters. The number of nitrogens with zero attached hydrogens (tertiary/aromatic N) is 2. The molecule has 2 aliphatic heterocycles. The molecule has 1 aromatic rings. The van der Waals surface area contributed by atoms with E-state index in [1.807, 2.05) is 18.2 Å². The summed E-state index contributed by atoms with van der Waals surface area (Å²) in [6.07, 6.45) is 3.01. The molecule has 1 atom stereocenters. The second-order valence-corrected chi connectivity index (χ2v) is 7.01. The highest BCUT2D eigenvalue weighted by molar-refractivity contribution is 5.94. The van der Waals surface area contributed by atoms with Crippen molar-refractivity contribution < 1.29 is 9.53 Å². The zero-order valence-electron chi connectivity index (χ0n) is 14.9. The van der Waals surface area contributed by atoms with Crippen LogP contribution < -0.4 is 10.1 Å². The fourth-order valence-electron chi connectivity index (χ4n) is 3.44. The average Bonchev–Trinajstić information content (AvgIpc) is 2.61. The Hall–Kier alpha value is -1.59. The molecule has 2 aliphatic rings. The summed E-state index contributed by atoms with van der Waals surface area (Å²) >= 11 is 0. The van der Waals surface area contributed by atoms with Gasteiger partial charge in [0.1, 0.15) is 5.75 Å². The quantitative estimate of drug-likeness (QED) is 0.893. The first-order valence-electron chi connectivity index (χ1n) is 9.10. The van der Waals surface area contributed by atoms with Crippen LogP contribution in [0.4, 0.5) is 0 Å². The fourth-order valence-corrected chi connectivity index (χ4v) is 3.44. The van der Waals surface area contributed by atoms with Gasteiger partial charge in [-0.2, -0.15) is 0 Å². The predicted octanol–water partition coefficient (Wildman–Crippen LogP) is 1.77. The molecule has 0 aliphatic carbocycles. The molecule has 5 nitrogen and oxygen atoms in total. The monoisotopic (exact) mass is 331 g/mol. The van der Waals surface area contributed by atoms with Crippen LogP contribution in [0.15, 0.2) is 18.2 Å². The summed E-state index contributed by atoms with van der Waals surface area (Å²) in [6.45, 7) is 8.27. The van der Waals surface area contributed by atoms with Gasteiger partial charge in [-0.25, -0.2) is 0 Å². The molecule has 3 rings (SSSR count). The van der Waals surface area contributed by atoms with Crippen molar-refractivity contribution in [3.63, 3.8) is 0 Å². The minimum atomic E-state index is 0.0222. The van der Waals surface area contributed by atoms with E-state index in [4.69, 9.17) is 4.74 Å². The van der Waals surface area contributed by atoms with Crippen LogP contribution in [0.5, 0.6) is 5.75 Å². The van der Waals surface area contributed by atoms with Gasteiger partial charge in [-0.3, -0.25) is 9.69 Å². The van der Waals surface area contributed by atoms with Crippen LogP contribution in [0.3, 0.4) is 0 Å². The van der Waals surface area contributed by atoms with Crippen molar-refractivity contribution in [2.24, 2.45) is 0 Å². The number of fused-ring (bicyclic) bond motifs is 1. The molecule has 5 heteroatoms. The molecular formula is C19H29N3O2. The summed E-state index contributed by atoms with van der Waals surface area (Å²) < 4.78 is 5.60. The number of benzene rings is 1. The van der Waals surface area contributed by atoms with E-state index in [0.29, 0.717) is 6.04 Å². The van der Waals surface area contributed by atoms with Crippen molar-refractivity contribution in [3.8, 4) is 5.75 Å². The predicted molar refractivity (Wildman–Crippen MR) is 95.7 cm³/mol. The van der Waals surface area contributed by atoms with Crippen molar-refractivity contribution in [1.29, 1.82) is 0 Å². The number of hydrogen-bond donors (Lipinski definition) is 1. The highest BCUT2D eigenvalue weighted by Crippen LogP contribution is 2.25. The second-order valence-electron chi connectivity index (χ2n) is 7.01. The van der Waals surface area contributed by atoms with E-state index >= 15 is 0 Å². The lowest BCUT2D eigenvalue weighted by Gasteiger charge is -2.36. The first-order chi connectivity index (χ1) is 11.6. The highest BCUT2D eigenvalue weighted by atomic mass is 16.5. The van der Waals surface area contributed by atoms with Crippen LogP contribution in [0.1, 0.15) is 35.7 Å². The van der Waals surface area contributed by atoms with E-state index in [0.717, 1.165) is 75.5 Å². The normalized spacial score (nSPS) is 20.1. The van der Waals surface area contributed by atoms with E-state index in [-0.39, 0.29) is 5.91 Å². The van der Waals surface area contributed by atoms with Crippen LogP contribution in [0.2, 0.25) is 0 Å². The summed E-state index contributed by atoms with van der Waals surface area (Å²) in [6, 6.07) is 6.28. The molecular weight excluding hydrogens is 302 g/mol. The Kier molecular flexibility index (Phi) is 5.74. The van der Waals surface area contributed by atoms with Gasteiger partial charge in [0.2, 0.25) is 0 Å². The maximum Gasteiger partial charge on any atom is 0.251 e. The van der Waals surface area contributed by atoms with Gasteiger partial charge in [0.25, 0.3) is 5.91 Å². The molecule has 1 aromatic carbocycles. The minimum absolute atomic E-state index is 0.0222. The number of carbonyl (C=O) groups excluding carboxylic acids is 1. The zero-order valence-corrected chi connectivity index (χ0v) is 14.9. The topological polar surface area (TPSA) is 44.8 Å². The van der Waals surface area contributed by atoms with Gasteiger partial charge < -0.3 is 15.0 Å². The number of nitrogens with one attached hydrogen (secondary N) is 1. The molecule has 0 bridgehead atoms. The van der Waals surface area contributed by atoms with Gasteiger partial charge in [-0.1, -0.05) is 0 Å². The Morgan fingerprint density at radius 1 is 1.29 bits per heavy atom. The van der Waals surface area contributed by atoms with Gasteiger partial charge in [-0.05, 0) is 57.0 Å². The third kappa shape index (κ3) is 4.28. The second kappa shape index (κ2) is 7.99. The maximum atomic E-state index is 12.4. The third-order valence-corrected chi connectivity index (χ3v) is 5.18. The van der Waals surface area contributed by atoms with Crippen molar-refractivity contribution in [2.45, 2.75) is 32.2 Å². The molecule has 24 heavy (non-hydrogen) atoms. The summed E-state index contributed by atoms with van der Waals surface area (Å²) in [5, 5.41) is 3.07. The van der Waals surface area contributed by atoms with Crippen molar-refractivity contribution in [1.82, 2.24) is 15.1 Å². The third-order valence-electron chi connectivity index (χ3n) is 5.18. The lowest BCUT2D eigenvalue weighted by molar-refractivity contribution is 0.0935. The first-order valence-corrected chi connectivity index (χ1v) is 9.10. The van der Waals surface area contributed by atoms with E-state index in [9.17, 15) is 4.79 Å². The standard InChI is InChI=1S/C19H29N3O2/c1-15(22-11-9-21(2)10-12-22)7-8-20-19(23)17-5-6-18-16(14-17)4-3-13-24-18/h5-6,14-15H,3-4,7-13H2,1-2H3,(H,20,23). The molecule has 0 aromatic heterocycles. The minimum Gasteiger partial charge on any atom is -0.493 e.